The number of allylic oxidation sites excluding steroid dienone is 2. The number of rotatable bonds is 4. The van der Waals surface area contributed by atoms with E-state index in [-0.39, 0.29) is 0 Å². The van der Waals surface area contributed by atoms with Crippen LogP contribution in [0.3, 0.4) is 0 Å². The van der Waals surface area contributed by atoms with E-state index >= 15 is 0 Å². The molecule has 0 amide bonds. The fourth-order valence-electron chi connectivity index (χ4n) is 1.29. The van der Waals surface area contributed by atoms with Crippen LogP contribution >= 0.6 is 0 Å². The summed E-state index contributed by atoms with van der Waals surface area (Å²) in [6.45, 7) is 3.98. The molecule has 0 unspecified atom stereocenters. The second-order valence-corrected chi connectivity index (χ2v) is 3.35. The van der Waals surface area contributed by atoms with Gasteiger partial charge in [-0.2, -0.15) is 0 Å². The van der Waals surface area contributed by atoms with E-state index < -0.39 is 0 Å². The Balaban J connectivity index is 2.03. The first-order valence-corrected chi connectivity index (χ1v) is 4.41. The first-order valence-electron chi connectivity index (χ1n) is 4.41. The number of nitrogens with one attached hydrogen (secondary N) is 1. The highest BCUT2D eigenvalue weighted by molar-refractivity contribution is 4.94. The van der Waals surface area contributed by atoms with Crippen LogP contribution in [-0.4, -0.2) is 19.1 Å². The molecule has 0 fully saturated rings. The molecule has 2 heteroatoms. The summed E-state index contributed by atoms with van der Waals surface area (Å²) in [5.74, 6) is 0.823. The Bertz CT molecular complexity index is 124. The fourth-order valence-corrected chi connectivity index (χ4v) is 1.29. The minimum atomic E-state index is 0.468. The average Bonchev–Trinajstić information content (AvgIpc) is 2.52. The van der Waals surface area contributed by atoms with Gasteiger partial charge in [0.05, 0.1) is 0 Å². The third-order valence-electron chi connectivity index (χ3n) is 2.21. The van der Waals surface area contributed by atoms with Gasteiger partial charge >= 0.3 is 0 Å². The van der Waals surface area contributed by atoms with Crippen molar-refractivity contribution in [2.24, 2.45) is 11.7 Å². The smallest absolute Gasteiger partial charge is 0.0162 e. The minimum Gasteiger partial charge on any atom is -0.329 e. The third kappa shape index (κ3) is 3.04. The van der Waals surface area contributed by atoms with Crippen LogP contribution in [-0.2, 0) is 0 Å². The molecule has 2 nitrogen and oxygen atoms in total. The van der Waals surface area contributed by atoms with Crippen molar-refractivity contribution in [3.05, 3.63) is 12.2 Å². The van der Waals surface area contributed by atoms with E-state index in [9.17, 15) is 0 Å². The fraction of sp³-hybridized carbons (Fsp3) is 0.778. The molecular formula is C9H18N2. The molecule has 1 rings (SSSR count). The van der Waals surface area contributed by atoms with Gasteiger partial charge in [0.15, 0.2) is 0 Å². The Labute approximate surface area is 68.9 Å². The minimum absolute atomic E-state index is 0.468. The summed E-state index contributed by atoms with van der Waals surface area (Å²) in [6.07, 6.45) is 7.01. The van der Waals surface area contributed by atoms with E-state index in [0.29, 0.717) is 6.04 Å². The third-order valence-corrected chi connectivity index (χ3v) is 2.21. The highest BCUT2D eigenvalue weighted by Gasteiger charge is 2.10. The summed E-state index contributed by atoms with van der Waals surface area (Å²) in [7, 11) is 0. The van der Waals surface area contributed by atoms with Crippen LogP contribution < -0.4 is 11.1 Å². The van der Waals surface area contributed by atoms with Gasteiger partial charge in [-0.05, 0) is 32.2 Å². The lowest BCUT2D eigenvalue weighted by Gasteiger charge is -2.14. The van der Waals surface area contributed by atoms with Gasteiger partial charge in [-0.15, -0.1) is 0 Å². The van der Waals surface area contributed by atoms with Crippen LogP contribution in [0.2, 0.25) is 0 Å². The van der Waals surface area contributed by atoms with Crippen LogP contribution in [0.15, 0.2) is 12.2 Å². The van der Waals surface area contributed by atoms with E-state index in [4.69, 9.17) is 5.73 Å². The van der Waals surface area contributed by atoms with E-state index in [1.165, 1.54) is 12.8 Å². The summed E-state index contributed by atoms with van der Waals surface area (Å²) >= 11 is 0. The Morgan fingerprint density at radius 3 is 2.73 bits per heavy atom. The second kappa shape index (κ2) is 4.52. The molecule has 0 bridgehead atoms. The van der Waals surface area contributed by atoms with E-state index in [0.717, 1.165) is 19.0 Å². The maximum Gasteiger partial charge on any atom is 0.0162 e. The van der Waals surface area contributed by atoms with Crippen LogP contribution in [0, 0.1) is 5.92 Å². The maximum atomic E-state index is 5.48. The van der Waals surface area contributed by atoms with Gasteiger partial charge in [0.1, 0.15) is 0 Å². The largest absolute Gasteiger partial charge is 0.329 e. The van der Waals surface area contributed by atoms with E-state index in [1.54, 1.807) is 0 Å². The first kappa shape index (κ1) is 8.75. The first-order chi connectivity index (χ1) is 5.33. The van der Waals surface area contributed by atoms with Gasteiger partial charge in [0, 0.05) is 12.6 Å². The van der Waals surface area contributed by atoms with Gasteiger partial charge in [-0.1, -0.05) is 12.2 Å². The molecule has 0 aliphatic heterocycles. The molecule has 3 N–H and O–H groups in total. The van der Waals surface area contributed by atoms with Crippen molar-refractivity contribution in [3.8, 4) is 0 Å². The van der Waals surface area contributed by atoms with Crippen molar-refractivity contribution in [2.45, 2.75) is 25.8 Å². The molecule has 1 aliphatic rings. The standard InChI is InChI=1S/C9H18N2/c1-8(6-10)11-7-9-4-2-3-5-9/h2-3,8-9,11H,4-7,10H2,1H3/t8-/m1/s1. The van der Waals surface area contributed by atoms with Crippen LogP contribution in [0.5, 0.6) is 0 Å². The molecule has 0 aromatic carbocycles. The lowest BCUT2D eigenvalue weighted by atomic mass is 10.1. The zero-order chi connectivity index (χ0) is 8.10. The summed E-state index contributed by atoms with van der Waals surface area (Å²) in [6, 6.07) is 0.468. The molecule has 0 aromatic heterocycles. The average molecular weight is 154 g/mol. The summed E-state index contributed by atoms with van der Waals surface area (Å²) in [5.41, 5.74) is 5.48. The van der Waals surface area contributed by atoms with Crippen LogP contribution in [0.4, 0.5) is 0 Å². The molecule has 0 saturated heterocycles. The Kier molecular flexibility index (Phi) is 3.60. The highest BCUT2D eigenvalue weighted by Crippen LogP contribution is 2.16. The van der Waals surface area contributed by atoms with Gasteiger partial charge in [0.2, 0.25) is 0 Å². The number of hydrogen-bond donors (Lipinski definition) is 2. The predicted molar refractivity (Wildman–Crippen MR) is 48.4 cm³/mol. The van der Waals surface area contributed by atoms with Crippen LogP contribution in [0.1, 0.15) is 19.8 Å². The van der Waals surface area contributed by atoms with Crippen LogP contribution in [0.25, 0.3) is 0 Å². The van der Waals surface area contributed by atoms with Crippen molar-refractivity contribution in [2.75, 3.05) is 13.1 Å². The molecule has 0 radical (unpaired) electrons. The molecule has 0 heterocycles. The maximum absolute atomic E-state index is 5.48. The van der Waals surface area contributed by atoms with Crippen molar-refractivity contribution in [1.82, 2.24) is 5.32 Å². The SMILES string of the molecule is C[C@H](CN)NCC1CC=CC1. The van der Waals surface area contributed by atoms with Gasteiger partial charge in [-0.25, -0.2) is 0 Å². The topological polar surface area (TPSA) is 38.0 Å². The van der Waals surface area contributed by atoms with Crippen molar-refractivity contribution in [1.29, 1.82) is 0 Å². The van der Waals surface area contributed by atoms with Crippen molar-refractivity contribution >= 4 is 0 Å². The molecule has 0 saturated carbocycles. The number of hydrogen-bond acceptors (Lipinski definition) is 2. The summed E-state index contributed by atoms with van der Waals surface area (Å²) in [4.78, 5) is 0. The van der Waals surface area contributed by atoms with Crippen molar-refractivity contribution in [3.63, 3.8) is 0 Å². The lowest BCUT2D eigenvalue weighted by molar-refractivity contribution is 0.458. The summed E-state index contributed by atoms with van der Waals surface area (Å²) < 4.78 is 0. The normalized spacial score (nSPS) is 20.9. The lowest BCUT2D eigenvalue weighted by Crippen LogP contribution is -2.36. The Hall–Kier alpha value is -0.340. The van der Waals surface area contributed by atoms with E-state index in [1.807, 2.05) is 0 Å². The predicted octanol–water partition coefficient (Wildman–Crippen LogP) is 0.889. The molecular weight excluding hydrogens is 136 g/mol. The molecule has 0 aromatic rings. The second-order valence-electron chi connectivity index (χ2n) is 3.35. The van der Waals surface area contributed by atoms with Gasteiger partial charge in [-0.3, -0.25) is 0 Å². The number of nitrogens with two attached hydrogens (primary N) is 1. The zero-order valence-corrected chi connectivity index (χ0v) is 7.22. The molecule has 1 aliphatic carbocycles. The van der Waals surface area contributed by atoms with Gasteiger partial charge in [0.25, 0.3) is 0 Å². The summed E-state index contributed by atoms with van der Waals surface area (Å²) in [5, 5.41) is 3.41. The monoisotopic (exact) mass is 154 g/mol. The van der Waals surface area contributed by atoms with Gasteiger partial charge < -0.3 is 11.1 Å². The molecule has 11 heavy (non-hydrogen) atoms. The molecule has 1 atom stereocenters. The zero-order valence-electron chi connectivity index (χ0n) is 7.22. The molecule has 0 spiro atoms. The Morgan fingerprint density at radius 2 is 2.18 bits per heavy atom. The highest BCUT2D eigenvalue weighted by atomic mass is 14.9. The van der Waals surface area contributed by atoms with Crippen molar-refractivity contribution < 1.29 is 0 Å². The Morgan fingerprint density at radius 1 is 1.55 bits per heavy atom. The van der Waals surface area contributed by atoms with E-state index in [2.05, 4.69) is 24.4 Å². The molecule has 64 valence electrons. The quantitative estimate of drug-likeness (QED) is 0.590.